The Kier molecular flexibility index (Phi) is 5.03. The molecule has 0 saturated carbocycles. The first-order valence-corrected chi connectivity index (χ1v) is 7.15. The summed E-state index contributed by atoms with van der Waals surface area (Å²) in [5.74, 6) is -2.49. The summed E-state index contributed by atoms with van der Waals surface area (Å²) in [6, 6.07) is 6.97. The molecule has 1 aromatic heterocycles. The lowest BCUT2D eigenvalue weighted by atomic mass is 10.2. The van der Waals surface area contributed by atoms with Gasteiger partial charge in [-0.2, -0.15) is 0 Å². The maximum Gasteiger partial charge on any atom is 0.251 e. The summed E-state index contributed by atoms with van der Waals surface area (Å²) in [5.41, 5.74) is 0.0751. The monoisotopic (exact) mass is 311 g/mol. The number of thiophene rings is 1. The number of halogens is 2. The van der Waals surface area contributed by atoms with Gasteiger partial charge in [-0.1, -0.05) is 0 Å². The number of aryl methyl sites for hydroxylation is 1. The van der Waals surface area contributed by atoms with E-state index in [-0.39, 0.29) is 18.2 Å². The van der Waals surface area contributed by atoms with Crippen molar-refractivity contribution in [3.8, 4) is 0 Å². The van der Waals surface area contributed by atoms with E-state index < -0.39 is 17.5 Å². The van der Waals surface area contributed by atoms with E-state index in [1.165, 1.54) is 6.07 Å². The van der Waals surface area contributed by atoms with Gasteiger partial charge in [0.05, 0.1) is 0 Å². The van der Waals surface area contributed by atoms with Gasteiger partial charge in [0.25, 0.3) is 5.91 Å². The Hall–Kier alpha value is -1.79. The number of rotatable bonds is 5. The Morgan fingerprint density at radius 1 is 1.29 bits per heavy atom. The summed E-state index contributed by atoms with van der Waals surface area (Å²) in [5, 5.41) is 2.66. The molecule has 0 fully saturated rings. The first kappa shape index (κ1) is 15.6. The molecule has 0 aliphatic heterocycles. The maximum absolute atomic E-state index is 13.1. The van der Waals surface area contributed by atoms with Gasteiger partial charge < -0.3 is 10.1 Å². The number of carbonyl (C=O) groups is 1. The van der Waals surface area contributed by atoms with Crippen LogP contribution in [0.25, 0.3) is 0 Å². The molecule has 1 heterocycles. The van der Waals surface area contributed by atoms with Gasteiger partial charge in [-0.25, -0.2) is 8.78 Å². The Bertz CT molecular complexity index is 642. The maximum atomic E-state index is 13.1. The molecule has 3 nitrogen and oxygen atoms in total. The van der Waals surface area contributed by atoms with E-state index in [0.717, 1.165) is 21.9 Å². The third kappa shape index (κ3) is 3.86. The van der Waals surface area contributed by atoms with Gasteiger partial charge in [0.15, 0.2) is 11.6 Å². The first-order chi connectivity index (χ1) is 10.0. The van der Waals surface area contributed by atoms with Crippen LogP contribution in [-0.4, -0.2) is 19.6 Å². The van der Waals surface area contributed by atoms with Crippen molar-refractivity contribution in [2.24, 2.45) is 0 Å². The summed E-state index contributed by atoms with van der Waals surface area (Å²) >= 11 is 1.59. The highest BCUT2D eigenvalue weighted by Crippen LogP contribution is 2.24. The molecule has 21 heavy (non-hydrogen) atoms. The molecule has 0 bridgehead atoms. The molecular weight excluding hydrogens is 296 g/mol. The zero-order valence-corrected chi connectivity index (χ0v) is 12.5. The fourth-order valence-corrected chi connectivity index (χ4v) is 2.81. The summed E-state index contributed by atoms with van der Waals surface area (Å²) in [4.78, 5) is 14.1. The van der Waals surface area contributed by atoms with Gasteiger partial charge in [-0.05, 0) is 37.3 Å². The minimum Gasteiger partial charge on any atom is -0.374 e. The second-order valence-corrected chi connectivity index (χ2v) is 5.83. The number of carbonyl (C=O) groups excluding carboxylic acids is 1. The van der Waals surface area contributed by atoms with Crippen molar-refractivity contribution in [1.29, 1.82) is 0 Å². The molecule has 0 radical (unpaired) electrons. The summed E-state index contributed by atoms with van der Waals surface area (Å²) in [7, 11) is 1.56. The number of ether oxygens (including phenoxy) is 1. The van der Waals surface area contributed by atoms with E-state index in [0.29, 0.717) is 0 Å². The number of nitrogens with one attached hydrogen (secondary N) is 1. The second kappa shape index (κ2) is 6.78. The van der Waals surface area contributed by atoms with Gasteiger partial charge in [0.2, 0.25) is 0 Å². The van der Waals surface area contributed by atoms with Crippen LogP contribution in [0.2, 0.25) is 0 Å². The smallest absolute Gasteiger partial charge is 0.251 e. The molecule has 1 atom stereocenters. The summed E-state index contributed by atoms with van der Waals surface area (Å²) in [6.07, 6.45) is -0.266. The van der Waals surface area contributed by atoms with Gasteiger partial charge in [-0.3, -0.25) is 4.79 Å². The Morgan fingerprint density at radius 3 is 2.62 bits per heavy atom. The lowest BCUT2D eigenvalue weighted by molar-refractivity contribution is 0.0837. The van der Waals surface area contributed by atoms with E-state index in [1.54, 1.807) is 18.4 Å². The van der Waals surface area contributed by atoms with Crippen molar-refractivity contribution in [3.05, 3.63) is 57.3 Å². The Labute approximate surface area is 125 Å². The third-order valence-electron chi connectivity index (χ3n) is 2.99. The SMILES string of the molecule is CO[C@@H](CNC(=O)c1ccc(F)c(F)c1)c1ccc(C)s1. The molecule has 0 aliphatic carbocycles. The van der Waals surface area contributed by atoms with Crippen LogP contribution in [-0.2, 0) is 4.74 Å². The zero-order chi connectivity index (χ0) is 15.4. The highest BCUT2D eigenvalue weighted by atomic mass is 32.1. The van der Waals surface area contributed by atoms with Crippen LogP contribution in [0.4, 0.5) is 8.78 Å². The minimum atomic E-state index is -1.04. The fraction of sp³-hybridized carbons (Fsp3) is 0.267. The number of hydrogen-bond donors (Lipinski definition) is 1. The summed E-state index contributed by atoms with van der Waals surface area (Å²) in [6.45, 7) is 2.25. The van der Waals surface area contributed by atoms with Crippen molar-refractivity contribution in [1.82, 2.24) is 5.32 Å². The largest absolute Gasteiger partial charge is 0.374 e. The molecular formula is C15H15F2NO2S. The lowest BCUT2D eigenvalue weighted by Crippen LogP contribution is -2.29. The molecule has 2 aromatic rings. The molecule has 1 N–H and O–H groups in total. The molecule has 112 valence electrons. The molecule has 0 saturated heterocycles. The molecule has 2 rings (SSSR count). The van der Waals surface area contributed by atoms with E-state index in [2.05, 4.69) is 5.32 Å². The van der Waals surface area contributed by atoms with Gasteiger partial charge in [-0.15, -0.1) is 11.3 Å². The Morgan fingerprint density at radius 2 is 2.05 bits per heavy atom. The van der Waals surface area contributed by atoms with Gasteiger partial charge in [0.1, 0.15) is 6.10 Å². The quantitative estimate of drug-likeness (QED) is 0.918. The van der Waals surface area contributed by atoms with Crippen LogP contribution in [0.15, 0.2) is 30.3 Å². The van der Waals surface area contributed by atoms with Gasteiger partial charge >= 0.3 is 0 Å². The molecule has 0 aliphatic rings. The van der Waals surface area contributed by atoms with Crippen LogP contribution in [0, 0.1) is 18.6 Å². The van der Waals surface area contributed by atoms with Gasteiger partial charge in [0, 0.05) is 29.0 Å². The molecule has 6 heteroatoms. The predicted molar refractivity (Wildman–Crippen MR) is 77.5 cm³/mol. The fourth-order valence-electron chi connectivity index (χ4n) is 1.85. The minimum absolute atomic E-state index is 0.0751. The average Bonchev–Trinajstić information content (AvgIpc) is 2.89. The number of benzene rings is 1. The molecule has 1 aromatic carbocycles. The van der Waals surface area contributed by atoms with E-state index in [9.17, 15) is 13.6 Å². The second-order valence-electron chi connectivity index (χ2n) is 4.51. The van der Waals surface area contributed by atoms with E-state index in [4.69, 9.17) is 4.74 Å². The predicted octanol–water partition coefficient (Wildman–Crippen LogP) is 3.45. The highest BCUT2D eigenvalue weighted by Gasteiger charge is 2.15. The zero-order valence-electron chi connectivity index (χ0n) is 11.7. The Balaban J connectivity index is 2.00. The van der Waals surface area contributed by atoms with E-state index in [1.807, 2.05) is 19.1 Å². The van der Waals surface area contributed by atoms with Crippen molar-refractivity contribution < 1.29 is 18.3 Å². The van der Waals surface area contributed by atoms with Crippen LogP contribution < -0.4 is 5.32 Å². The molecule has 0 spiro atoms. The number of amides is 1. The van der Waals surface area contributed by atoms with Crippen LogP contribution in [0.3, 0.4) is 0 Å². The highest BCUT2D eigenvalue weighted by molar-refractivity contribution is 7.12. The van der Waals surface area contributed by atoms with Crippen molar-refractivity contribution in [2.45, 2.75) is 13.0 Å². The molecule has 1 amide bonds. The number of hydrogen-bond acceptors (Lipinski definition) is 3. The number of methoxy groups -OCH3 is 1. The lowest BCUT2D eigenvalue weighted by Gasteiger charge is -2.14. The topological polar surface area (TPSA) is 38.3 Å². The average molecular weight is 311 g/mol. The third-order valence-corrected chi connectivity index (χ3v) is 4.09. The van der Waals surface area contributed by atoms with Crippen LogP contribution >= 0.6 is 11.3 Å². The standard InChI is InChI=1S/C15H15F2NO2S/c1-9-3-6-14(21-9)13(20-2)8-18-15(19)10-4-5-11(16)12(17)7-10/h3-7,13H,8H2,1-2H3,(H,18,19)/t13-/m0/s1. The molecule has 0 unspecified atom stereocenters. The van der Waals surface area contributed by atoms with Crippen molar-refractivity contribution in [3.63, 3.8) is 0 Å². The first-order valence-electron chi connectivity index (χ1n) is 6.33. The normalized spacial score (nSPS) is 12.2. The van der Waals surface area contributed by atoms with Crippen molar-refractivity contribution in [2.75, 3.05) is 13.7 Å². The van der Waals surface area contributed by atoms with Crippen molar-refractivity contribution >= 4 is 17.2 Å². The van der Waals surface area contributed by atoms with Crippen LogP contribution in [0.5, 0.6) is 0 Å². The van der Waals surface area contributed by atoms with E-state index >= 15 is 0 Å². The summed E-state index contributed by atoms with van der Waals surface area (Å²) < 4.78 is 31.3. The van der Waals surface area contributed by atoms with Crippen LogP contribution in [0.1, 0.15) is 26.2 Å².